The fourth-order valence-electron chi connectivity index (χ4n) is 2.26. The Labute approximate surface area is 95.5 Å². The van der Waals surface area contributed by atoms with Crippen molar-refractivity contribution >= 4 is 5.97 Å². The van der Waals surface area contributed by atoms with Gasteiger partial charge in [-0.05, 0) is 25.3 Å². The van der Waals surface area contributed by atoms with E-state index in [2.05, 4.69) is 17.4 Å². The molecule has 0 aliphatic carbocycles. The summed E-state index contributed by atoms with van der Waals surface area (Å²) in [6.07, 6.45) is 1.61. The van der Waals surface area contributed by atoms with E-state index < -0.39 is 11.4 Å². The molecule has 3 nitrogen and oxygen atoms in total. The Morgan fingerprint density at radius 1 is 1.50 bits per heavy atom. The maximum absolute atomic E-state index is 11.1. The van der Waals surface area contributed by atoms with Gasteiger partial charge in [0.15, 0.2) is 0 Å². The van der Waals surface area contributed by atoms with Crippen molar-refractivity contribution in [3.8, 4) is 0 Å². The van der Waals surface area contributed by atoms with Gasteiger partial charge in [0.1, 0.15) is 0 Å². The van der Waals surface area contributed by atoms with Gasteiger partial charge in [-0.15, -0.1) is 0 Å². The maximum Gasteiger partial charge on any atom is 0.310 e. The third-order valence-corrected chi connectivity index (χ3v) is 3.32. The standard InChI is InChI=1S/C13H17NO2/c1-13(12(15)16)8-11(14-9-13)7-10-5-3-2-4-6-10/h2-6,11,14H,7-9H2,1H3,(H,15,16)/t11-,13+/m0/s1. The number of hydrogen-bond donors (Lipinski definition) is 2. The summed E-state index contributed by atoms with van der Waals surface area (Å²) in [4.78, 5) is 11.1. The molecule has 16 heavy (non-hydrogen) atoms. The van der Waals surface area contributed by atoms with Gasteiger partial charge in [0.25, 0.3) is 0 Å². The number of nitrogens with one attached hydrogen (secondary N) is 1. The first-order chi connectivity index (χ1) is 7.60. The SMILES string of the molecule is C[C@]1(C(=O)O)CN[C@@H](Cc2ccccc2)C1. The Morgan fingerprint density at radius 3 is 2.75 bits per heavy atom. The topological polar surface area (TPSA) is 49.3 Å². The van der Waals surface area contributed by atoms with Crippen LogP contribution in [0.5, 0.6) is 0 Å². The third kappa shape index (κ3) is 2.25. The summed E-state index contributed by atoms with van der Waals surface area (Å²) in [6, 6.07) is 10.5. The van der Waals surface area contributed by atoms with Gasteiger partial charge in [0.2, 0.25) is 0 Å². The largest absolute Gasteiger partial charge is 0.481 e. The normalized spacial score (nSPS) is 29.2. The van der Waals surface area contributed by atoms with E-state index in [-0.39, 0.29) is 6.04 Å². The zero-order valence-electron chi connectivity index (χ0n) is 9.44. The van der Waals surface area contributed by atoms with Gasteiger partial charge in [-0.1, -0.05) is 30.3 Å². The minimum Gasteiger partial charge on any atom is -0.481 e. The van der Waals surface area contributed by atoms with E-state index in [0.29, 0.717) is 13.0 Å². The molecule has 3 heteroatoms. The average Bonchev–Trinajstić information content (AvgIpc) is 2.63. The van der Waals surface area contributed by atoms with Crippen molar-refractivity contribution in [1.82, 2.24) is 5.32 Å². The molecule has 0 spiro atoms. The van der Waals surface area contributed by atoms with Gasteiger partial charge >= 0.3 is 5.97 Å². The highest BCUT2D eigenvalue weighted by atomic mass is 16.4. The van der Waals surface area contributed by atoms with Crippen LogP contribution in [0.3, 0.4) is 0 Å². The van der Waals surface area contributed by atoms with Gasteiger partial charge in [0.05, 0.1) is 5.41 Å². The number of hydrogen-bond acceptors (Lipinski definition) is 2. The molecule has 0 saturated carbocycles. The molecule has 0 radical (unpaired) electrons. The lowest BCUT2D eigenvalue weighted by Crippen LogP contribution is -2.29. The molecule has 1 aliphatic rings. The minimum absolute atomic E-state index is 0.281. The summed E-state index contributed by atoms with van der Waals surface area (Å²) < 4.78 is 0. The van der Waals surface area contributed by atoms with Crippen molar-refractivity contribution in [2.75, 3.05) is 6.54 Å². The molecule has 0 unspecified atom stereocenters. The van der Waals surface area contributed by atoms with E-state index in [4.69, 9.17) is 5.11 Å². The van der Waals surface area contributed by atoms with E-state index in [1.807, 2.05) is 25.1 Å². The number of carboxylic acids is 1. The molecule has 1 fully saturated rings. The first-order valence-electron chi connectivity index (χ1n) is 5.61. The zero-order chi connectivity index (χ0) is 11.6. The van der Waals surface area contributed by atoms with Crippen LogP contribution >= 0.6 is 0 Å². The van der Waals surface area contributed by atoms with Crippen LogP contribution in [0.15, 0.2) is 30.3 Å². The summed E-state index contributed by atoms with van der Waals surface area (Å²) in [6.45, 7) is 2.38. The summed E-state index contributed by atoms with van der Waals surface area (Å²) in [5.41, 5.74) is 0.661. The van der Waals surface area contributed by atoms with Crippen LogP contribution in [-0.2, 0) is 11.2 Å². The van der Waals surface area contributed by atoms with Crippen molar-refractivity contribution in [2.24, 2.45) is 5.41 Å². The van der Waals surface area contributed by atoms with Crippen LogP contribution in [0.2, 0.25) is 0 Å². The second-order valence-electron chi connectivity index (χ2n) is 4.84. The lowest BCUT2D eigenvalue weighted by molar-refractivity contribution is -0.146. The molecule has 0 amide bonds. The van der Waals surface area contributed by atoms with Crippen LogP contribution < -0.4 is 5.32 Å². The summed E-state index contributed by atoms with van der Waals surface area (Å²) in [5.74, 6) is -0.699. The second kappa shape index (κ2) is 4.26. The number of rotatable bonds is 3. The van der Waals surface area contributed by atoms with Crippen molar-refractivity contribution in [3.05, 3.63) is 35.9 Å². The van der Waals surface area contributed by atoms with Gasteiger partial charge in [0, 0.05) is 12.6 Å². The number of aliphatic carboxylic acids is 1. The van der Waals surface area contributed by atoms with E-state index in [1.54, 1.807) is 0 Å². The molecule has 86 valence electrons. The highest BCUT2D eigenvalue weighted by Gasteiger charge is 2.40. The zero-order valence-corrected chi connectivity index (χ0v) is 9.44. The van der Waals surface area contributed by atoms with Crippen LogP contribution in [0, 0.1) is 5.41 Å². The minimum atomic E-state index is -0.699. The van der Waals surface area contributed by atoms with Crippen LogP contribution in [0.25, 0.3) is 0 Å². The summed E-state index contributed by atoms with van der Waals surface area (Å²) in [7, 11) is 0. The molecule has 1 saturated heterocycles. The van der Waals surface area contributed by atoms with Crippen molar-refractivity contribution < 1.29 is 9.90 Å². The monoisotopic (exact) mass is 219 g/mol. The van der Waals surface area contributed by atoms with Gasteiger partial charge in [-0.25, -0.2) is 0 Å². The quantitative estimate of drug-likeness (QED) is 0.813. The first kappa shape index (κ1) is 11.1. The van der Waals surface area contributed by atoms with Crippen molar-refractivity contribution in [2.45, 2.75) is 25.8 Å². The highest BCUT2D eigenvalue weighted by molar-refractivity contribution is 5.75. The smallest absolute Gasteiger partial charge is 0.310 e. The van der Waals surface area contributed by atoms with E-state index in [1.165, 1.54) is 5.56 Å². The average molecular weight is 219 g/mol. The molecular formula is C13H17NO2. The first-order valence-corrected chi connectivity index (χ1v) is 5.61. The Bertz CT molecular complexity index is 377. The van der Waals surface area contributed by atoms with Crippen molar-refractivity contribution in [3.63, 3.8) is 0 Å². The van der Waals surface area contributed by atoms with E-state index >= 15 is 0 Å². The number of carbonyl (C=O) groups is 1. The van der Waals surface area contributed by atoms with E-state index in [0.717, 1.165) is 6.42 Å². The summed E-state index contributed by atoms with van der Waals surface area (Å²) in [5, 5.41) is 12.4. The Morgan fingerprint density at radius 2 is 2.19 bits per heavy atom. The molecule has 2 N–H and O–H groups in total. The third-order valence-electron chi connectivity index (χ3n) is 3.32. The van der Waals surface area contributed by atoms with Crippen LogP contribution in [-0.4, -0.2) is 23.7 Å². The Kier molecular flexibility index (Phi) is 2.97. The van der Waals surface area contributed by atoms with Crippen molar-refractivity contribution in [1.29, 1.82) is 0 Å². The Balaban J connectivity index is 1.98. The molecule has 2 rings (SSSR count). The molecule has 0 bridgehead atoms. The number of carboxylic acid groups (broad SMARTS) is 1. The lowest BCUT2D eigenvalue weighted by atomic mass is 9.87. The van der Waals surface area contributed by atoms with E-state index in [9.17, 15) is 4.79 Å². The van der Waals surface area contributed by atoms with Gasteiger partial charge in [-0.3, -0.25) is 4.79 Å². The molecular weight excluding hydrogens is 202 g/mol. The van der Waals surface area contributed by atoms with Gasteiger partial charge < -0.3 is 10.4 Å². The molecule has 1 heterocycles. The second-order valence-corrected chi connectivity index (χ2v) is 4.84. The molecule has 1 aromatic rings. The predicted octanol–water partition coefficient (Wildman–Crippen LogP) is 1.68. The fourth-order valence-corrected chi connectivity index (χ4v) is 2.26. The lowest BCUT2D eigenvalue weighted by Gasteiger charge is -2.16. The number of benzene rings is 1. The van der Waals surface area contributed by atoms with Crippen LogP contribution in [0.4, 0.5) is 0 Å². The molecule has 1 aliphatic heterocycles. The molecule has 2 atom stereocenters. The maximum atomic E-state index is 11.1. The van der Waals surface area contributed by atoms with Crippen LogP contribution in [0.1, 0.15) is 18.9 Å². The molecule has 1 aromatic carbocycles. The summed E-state index contributed by atoms with van der Waals surface area (Å²) >= 11 is 0. The van der Waals surface area contributed by atoms with Gasteiger partial charge in [-0.2, -0.15) is 0 Å². The fraction of sp³-hybridized carbons (Fsp3) is 0.462. The predicted molar refractivity (Wildman–Crippen MR) is 62.3 cm³/mol. The Hall–Kier alpha value is -1.35. The highest BCUT2D eigenvalue weighted by Crippen LogP contribution is 2.29. The molecule has 0 aromatic heterocycles.